The Hall–Kier alpha value is -2.64. The van der Waals surface area contributed by atoms with E-state index in [4.69, 9.17) is 20.9 Å². The van der Waals surface area contributed by atoms with Crippen LogP contribution in [0.4, 0.5) is 4.39 Å². The van der Waals surface area contributed by atoms with Crippen LogP contribution in [-0.4, -0.2) is 36.8 Å². The normalized spacial score (nSPS) is 19.1. The maximum atomic E-state index is 14.9. The summed E-state index contributed by atoms with van der Waals surface area (Å²) < 4.78 is 25.7. The molecule has 0 fully saturated rings. The van der Waals surface area contributed by atoms with Crippen molar-refractivity contribution in [3.05, 3.63) is 65.7 Å². The third kappa shape index (κ3) is 5.43. The first-order valence-electron chi connectivity index (χ1n) is 9.22. The maximum absolute atomic E-state index is 14.9. The second-order valence-electron chi connectivity index (χ2n) is 6.58. The van der Waals surface area contributed by atoms with Gasteiger partial charge < -0.3 is 25.8 Å². The third-order valence-corrected chi connectivity index (χ3v) is 4.37. The Morgan fingerprint density at radius 1 is 1.36 bits per heavy atom. The van der Waals surface area contributed by atoms with E-state index < -0.39 is 17.4 Å². The average Bonchev–Trinajstić information content (AvgIpc) is 2.66. The molecular formula is C21H28FN3O3. The quantitative estimate of drug-likeness (QED) is 0.474. The van der Waals surface area contributed by atoms with Crippen molar-refractivity contribution < 1.29 is 18.7 Å². The first-order valence-corrected chi connectivity index (χ1v) is 9.22. The molecule has 1 aliphatic rings. The van der Waals surface area contributed by atoms with Gasteiger partial charge in [0.2, 0.25) is 5.91 Å². The minimum atomic E-state index is -1.03. The van der Waals surface area contributed by atoms with Gasteiger partial charge in [-0.3, -0.25) is 4.79 Å². The third-order valence-electron chi connectivity index (χ3n) is 4.37. The number of carbonyl (C=O) groups is 1. The van der Waals surface area contributed by atoms with Gasteiger partial charge in [-0.15, -0.1) is 0 Å². The Kier molecular flexibility index (Phi) is 7.78. The first-order chi connectivity index (χ1) is 13.4. The molecule has 28 heavy (non-hydrogen) atoms. The first kappa shape index (κ1) is 21.7. The zero-order chi connectivity index (χ0) is 20.6. The highest BCUT2D eigenvalue weighted by atomic mass is 19.1. The molecular weight excluding hydrogens is 361 g/mol. The number of amides is 1. The summed E-state index contributed by atoms with van der Waals surface area (Å²) in [6.45, 7) is 2.72. The van der Waals surface area contributed by atoms with Crippen molar-refractivity contribution in [3.8, 4) is 5.75 Å². The maximum Gasteiger partial charge on any atom is 0.250 e. The van der Waals surface area contributed by atoms with Gasteiger partial charge in [0, 0.05) is 25.4 Å². The molecule has 1 aromatic carbocycles. The van der Waals surface area contributed by atoms with Gasteiger partial charge in [0.1, 0.15) is 5.66 Å². The van der Waals surface area contributed by atoms with E-state index in [1.807, 2.05) is 12.2 Å². The Labute approximate surface area is 165 Å². The summed E-state index contributed by atoms with van der Waals surface area (Å²) in [5.41, 5.74) is 11.4. The molecule has 1 atom stereocenters. The molecule has 0 spiro atoms. The molecule has 0 saturated heterocycles. The summed E-state index contributed by atoms with van der Waals surface area (Å²) in [7, 11) is 1.52. The van der Waals surface area contributed by atoms with Crippen LogP contribution in [0.3, 0.4) is 0 Å². The number of ether oxygens (including phenoxy) is 2. The number of nitrogens with two attached hydrogens (primary N) is 2. The highest BCUT2D eigenvalue weighted by Crippen LogP contribution is 2.27. The number of nitrogens with zero attached hydrogens (tertiary/aromatic N) is 1. The molecule has 4 N–H and O–H groups in total. The summed E-state index contributed by atoms with van der Waals surface area (Å²) in [5, 5.41) is 0. The molecule has 2 rings (SSSR count). The topological polar surface area (TPSA) is 90.8 Å². The van der Waals surface area contributed by atoms with E-state index in [0.717, 1.165) is 6.42 Å². The summed E-state index contributed by atoms with van der Waals surface area (Å²) in [4.78, 5) is 13.2. The molecule has 152 valence electrons. The monoisotopic (exact) mass is 389 g/mol. The molecule has 1 unspecified atom stereocenters. The molecule has 7 heteroatoms. The van der Waals surface area contributed by atoms with Crippen LogP contribution in [0, 0.1) is 5.82 Å². The number of primary amides is 1. The van der Waals surface area contributed by atoms with Crippen LogP contribution in [0.5, 0.6) is 5.75 Å². The van der Waals surface area contributed by atoms with E-state index in [-0.39, 0.29) is 24.5 Å². The summed E-state index contributed by atoms with van der Waals surface area (Å²) >= 11 is 0. The summed E-state index contributed by atoms with van der Waals surface area (Å²) in [6, 6.07) is 4.97. The lowest BCUT2D eigenvalue weighted by molar-refractivity contribution is -0.114. The molecule has 1 aromatic rings. The molecule has 1 aliphatic heterocycles. The van der Waals surface area contributed by atoms with E-state index in [2.05, 4.69) is 6.92 Å². The van der Waals surface area contributed by atoms with Gasteiger partial charge in [-0.2, -0.15) is 0 Å². The Morgan fingerprint density at radius 3 is 2.82 bits per heavy atom. The van der Waals surface area contributed by atoms with Crippen LogP contribution in [0.1, 0.15) is 25.3 Å². The molecule has 1 amide bonds. The standard InChI is InChI=1S/C21H28FN3O3/c1-3-4-5-6-12-28-18-9-7-8-16(19(18)22)13-25-14-17(20(23)26)10-11-21(25,24)15-27-2/h4-5,7-11,14H,3,6,12-13,15,24H2,1-2H3,(H2,23,26)/b5-4+. The fourth-order valence-electron chi connectivity index (χ4n) is 2.86. The van der Waals surface area contributed by atoms with Gasteiger partial charge >= 0.3 is 0 Å². The zero-order valence-corrected chi connectivity index (χ0v) is 16.4. The van der Waals surface area contributed by atoms with Crippen LogP contribution in [0.15, 0.2) is 54.3 Å². The molecule has 0 bridgehead atoms. The Balaban J connectivity index is 2.19. The molecule has 0 aromatic heterocycles. The Morgan fingerprint density at radius 2 is 2.14 bits per heavy atom. The minimum absolute atomic E-state index is 0.125. The fraction of sp³-hybridized carbons (Fsp3) is 0.381. The molecule has 0 radical (unpaired) electrons. The predicted octanol–water partition coefficient (Wildman–Crippen LogP) is 2.60. The van der Waals surface area contributed by atoms with Crippen molar-refractivity contribution in [2.45, 2.75) is 32.0 Å². The summed E-state index contributed by atoms with van der Waals surface area (Å²) in [6.07, 6.45) is 10.4. The van der Waals surface area contributed by atoms with Crippen molar-refractivity contribution in [1.82, 2.24) is 4.90 Å². The second-order valence-corrected chi connectivity index (χ2v) is 6.58. The highest BCUT2D eigenvalue weighted by Gasteiger charge is 2.32. The highest BCUT2D eigenvalue weighted by molar-refractivity contribution is 5.95. The number of benzene rings is 1. The van der Waals surface area contributed by atoms with E-state index >= 15 is 0 Å². The number of rotatable bonds is 10. The van der Waals surface area contributed by atoms with Gasteiger partial charge in [-0.1, -0.05) is 31.2 Å². The van der Waals surface area contributed by atoms with Crippen LogP contribution < -0.4 is 16.2 Å². The fourth-order valence-corrected chi connectivity index (χ4v) is 2.86. The molecule has 0 saturated carbocycles. The van der Waals surface area contributed by atoms with E-state index in [0.29, 0.717) is 18.6 Å². The van der Waals surface area contributed by atoms with Gasteiger partial charge in [-0.25, -0.2) is 4.39 Å². The van der Waals surface area contributed by atoms with E-state index in [1.165, 1.54) is 13.3 Å². The largest absolute Gasteiger partial charge is 0.490 e. The van der Waals surface area contributed by atoms with Crippen molar-refractivity contribution in [2.24, 2.45) is 11.5 Å². The molecule has 0 aliphatic carbocycles. The van der Waals surface area contributed by atoms with E-state index in [9.17, 15) is 9.18 Å². The van der Waals surface area contributed by atoms with Crippen LogP contribution >= 0.6 is 0 Å². The van der Waals surface area contributed by atoms with Crippen molar-refractivity contribution in [1.29, 1.82) is 0 Å². The van der Waals surface area contributed by atoms with Gasteiger partial charge in [0.05, 0.1) is 18.8 Å². The van der Waals surface area contributed by atoms with Crippen molar-refractivity contribution >= 4 is 5.91 Å². The number of hydrogen-bond donors (Lipinski definition) is 2. The lowest BCUT2D eigenvalue weighted by atomic mass is 10.0. The minimum Gasteiger partial charge on any atom is -0.490 e. The number of allylic oxidation sites excluding steroid dienone is 1. The number of hydrogen-bond acceptors (Lipinski definition) is 5. The van der Waals surface area contributed by atoms with Gasteiger partial charge in [0.25, 0.3) is 0 Å². The second kappa shape index (κ2) is 10.1. The van der Waals surface area contributed by atoms with Gasteiger partial charge in [0.15, 0.2) is 11.6 Å². The van der Waals surface area contributed by atoms with Gasteiger partial charge in [-0.05, 0) is 31.1 Å². The van der Waals surface area contributed by atoms with Crippen LogP contribution in [0.2, 0.25) is 0 Å². The SMILES string of the molecule is CC/C=C/CCOc1cccc(CN2C=C(C(N)=O)C=CC2(N)COC)c1F. The predicted molar refractivity (Wildman–Crippen MR) is 107 cm³/mol. The summed E-state index contributed by atoms with van der Waals surface area (Å²) in [5.74, 6) is -0.854. The number of halogens is 1. The molecule has 1 heterocycles. The lowest BCUT2D eigenvalue weighted by Crippen LogP contribution is -2.56. The van der Waals surface area contributed by atoms with Crippen LogP contribution in [0.25, 0.3) is 0 Å². The molecule has 6 nitrogen and oxygen atoms in total. The smallest absolute Gasteiger partial charge is 0.250 e. The van der Waals surface area contributed by atoms with Crippen molar-refractivity contribution in [3.63, 3.8) is 0 Å². The Bertz CT molecular complexity index is 776. The zero-order valence-electron chi connectivity index (χ0n) is 16.4. The number of carbonyl (C=O) groups excluding carboxylic acids is 1. The van der Waals surface area contributed by atoms with Crippen LogP contribution in [-0.2, 0) is 16.1 Å². The number of methoxy groups -OCH3 is 1. The average molecular weight is 389 g/mol. The lowest BCUT2D eigenvalue weighted by Gasteiger charge is -2.40. The van der Waals surface area contributed by atoms with Crippen molar-refractivity contribution in [2.75, 3.05) is 20.3 Å². The van der Waals surface area contributed by atoms with E-state index in [1.54, 1.807) is 35.3 Å².